The van der Waals surface area contributed by atoms with Crippen molar-refractivity contribution in [3.8, 4) is 0 Å². The third-order valence-corrected chi connectivity index (χ3v) is 20.6. The number of aliphatic hydroxyl groups excluding tert-OH is 1. The van der Waals surface area contributed by atoms with Crippen LogP contribution in [0.4, 0.5) is 0 Å². The van der Waals surface area contributed by atoms with Gasteiger partial charge in [-0.1, -0.05) is 351 Å². The average molecular weight is 1440 g/mol. The minimum Gasteiger partial charge on any atom is -0.462 e. The first-order valence-electron chi connectivity index (χ1n) is 40.7. The van der Waals surface area contributed by atoms with E-state index in [-0.39, 0.29) is 25.7 Å². The fraction of sp³-hybridized carbons (Fsp3) is 0.949. The molecule has 0 saturated carbocycles. The molecule has 0 aromatic heterocycles. The quantitative estimate of drug-likeness (QED) is 0.0222. The Hall–Kier alpha value is -1.94. The van der Waals surface area contributed by atoms with Gasteiger partial charge in [0.05, 0.1) is 26.4 Å². The molecule has 0 aliphatic rings. The van der Waals surface area contributed by atoms with Crippen molar-refractivity contribution >= 4 is 39.5 Å². The minimum atomic E-state index is -4.96. The maximum atomic E-state index is 13.1. The van der Waals surface area contributed by atoms with Gasteiger partial charge in [-0.15, -0.1) is 0 Å². The van der Waals surface area contributed by atoms with Crippen LogP contribution >= 0.6 is 15.6 Å². The van der Waals surface area contributed by atoms with Gasteiger partial charge < -0.3 is 33.8 Å². The highest BCUT2D eigenvalue weighted by molar-refractivity contribution is 7.47. The van der Waals surface area contributed by atoms with Crippen molar-refractivity contribution in [1.82, 2.24) is 0 Å². The van der Waals surface area contributed by atoms with Crippen LogP contribution in [0.3, 0.4) is 0 Å². The number of phosphoric ester groups is 2. The van der Waals surface area contributed by atoms with Gasteiger partial charge in [0.25, 0.3) is 0 Å². The summed E-state index contributed by atoms with van der Waals surface area (Å²) in [6, 6.07) is 0. The summed E-state index contributed by atoms with van der Waals surface area (Å²) in [6.07, 6.45) is 54.6. The molecule has 98 heavy (non-hydrogen) atoms. The number of carbonyl (C=O) groups excluding carboxylic acids is 4. The Bertz CT molecular complexity index is 1920. The monoisotopic (exact) mass is 1440 g/mol. The molecule has 0 bridgehead atoms. The smallest absolute Gasteiger partial charge is 0.462 e. The van der Waals surface area contributed by atoms with Crippen molar-refractivity contribution in [2.45, 2.75) is 420 Å². The number of unbranched alkanes of at least 4 members (excludes halogenated alkanes) is 41. The van der Waals surface area contributed by atoms with Crippen molar-refractivity contribution in [1.29, 1.82) is 0 Å². The number of esters is 4. The first-order chi connectivity index (χ1) is 47.1. The van der Waals surface area contributed by atoms with Gasteiger partial charge in [-0.25, -0.2) is 9.13 Å². The molecule has 0 aromatic carbocycles. The van der Waals surface area contributed by atoms with Crippen LogP contribution in [0.1, 0.15) is 402 Å². The maximum Gasteiger partial charge on any atom is 0.472 e. The van der Waals surface area contributed by atoms with Crippen LogP contribution in [0.5, 0.6) is 0 Å². The largest absolute Gasteiger partial charge is 0.472 e. The highest BCUT2D eigenvalue weighted by atomic mass is 31.2. The summed E-state index contributed by atoms with van der Waals surface area (Å²) in [5, 5.41) is 10.6. The normalized spacial score (nSPS) is 14.3. The van der Waals surface area contributed by atoms with Crippen molar-refractivity contribution in [3.05, 3.63) is 0 Å². The zero-order valence-electron chi connectivity index (χ0n) is 64.4. The van der Waals surface area contributed by atoms with Crippen molar-refractivity contribution in [2.24, 2.45) is 23.7 Å². The van der Waals surface area contributed by atoms with E-state index in [9.17, 15) is 43.2 Å². The van der Waals surface area contributed by atoms with Gasteiger partial charge in [0, 0.05) is 25.7 Å². The fourth-order valence-corrected chi connectivity index (χ4v) is 13.6. The minimum absolute atomic E-state index is 0.106. The van der Waals surface area contributed by atoms with Crippen LogP contribution in [0.2, 0.25) is 0 Å². The number of hydrogen-bond donors (Lipinski definition) is 3. The first-order valence-corrected chi connectivity index (χ1v) is 43.7. The molecule has 0 radical (unpaired) electrons. The highest BCUT2D eigenvalue weighted by Crippen LogP contribution is 2.45. The summed E-state index contributed by atoms with van der Waals surface area (Å²) >= 11 is 0. The van der Waals surface area contributed by atoms with Crippen LogP contribution in [0.15, 0.2) is 0 Å². The van der Waals surface area contributed by atoms with Crippen molar-refractivity contribution in [3.63, 3.8) is 0 Å². The van der Waals surface area contributed by atoms with E-state index < -0.39 is 97.5 Å². The van der Waals surface area contributed by atoms with Gasteiger partial charge in [0.2, 0.25) is 0 Å². The lowest BCUT2D eigenvalue weighted by molar-refractivity contribution is -0.161. The van der Waals surface area contributed by atoms with E-state index in [4.69, 9.17) is 37.0 Å². The third kappa shape index (κ3) is 71.1. The van der Waals surface area contributed by atoms with Crippen LogP contribution < -0.4 is 0 Å². The van der Waals surface area contributed by atoms with Crippen LogP contribution in [-0.2, 0) is 65.4 Å². The fourth-order valence-electron chi connectivity index (χ4n) is 12.0. The second-order valence-electron chi connectivity index (χ2n) is 30.1. The van der Waals surface area contributed by atoms with E-state index in [1.807, 2.05) is 0 Å². The number of carbonyl (C=O) groups is 4. The van der Waals surface area contributed by atoms with E-state index in [0.717, 1.165) is 115 Å². The van der Waals surface area contributed by atoms with Gasteiger partial charge in [-0.05, 0) is 49.4 Å². The summed E-state index contributed by atoms with van der Waals surface area (Å²) in [4.78, 5) is 72.8. The van der Waals surface area contributed by atoms with Crippen LogP contribution in [0, 0.1) is 23.7 Å². The predicted octanol–water partition coefficient (Wildman–Crippen LogP) is 23.2. The van der Waals surface area contributed by atoms with Gasteiger partial charge in [0.1, 0.15) is 19.3 Å². The first kappa shape index (κ1) is 96.1. The lowest BCUT2D eigenvalue weighted by Crippen LogP contribution is -2.30. The van der Waals surface area contributed by atoms with Crippen LogP contribution in [-0.4, -0.2) is 96.7 Å². The molecule has 0 aliphatic carbocycles. The van der Waals surface area contributed by atoms with Gasteiger partial charge in [-0.2, -0.15) is 0 Å². The molecule has 0 rings (SSSR count). The zero-order valence-corrected chi connectivity index (χ0v) is 66.2. The van der Waals surface area contributed by atoms with Crippen molar-refractivity contribution in [2.75, 3.05) is 39.6 Å². The van der Waals surface area contributed by atoms with Gasteiger partial charge in [-0.3, -0.25) is 37.3 Å². The molecule has 0 amide bonds. The van der Waals surface area contributed by atoms with E-state index >= 15 is 0 Å². The summed E-state index contributed by atoms with van der Waals surface area (Å²) in [5.41, 5.74) is 0. The van der Waals surface area contributed by atoms with Crippen LogP contribution in [0.25, 0.3) is 0 Å². The topological polar surface area (TPSA) is 237 Å². The number of hydrogen-bond acceptors (Lipinski definition) is 15. The Morgan fingerprint density at radius 3 is 0.724 bits per heavy atom. The van der Waals surface area contributed by atoms with Crippen molar-refractivity contribution < 1.29 is 80.2 Å². The van der Waals surface area contributed by atoms with Gasteiger partial charge >= 0.3 is 39.5 Å². The lowest BCUT2D eigenvalue weighted by atomic mass is 9.99. The molecule has 19 heteroatoms. The summed E-state index contributed by atoms with van der Waals surface area (Å²) < 4.78 is 68.5. The molecule has 0 aromatic rings. The SMILES string of the molecule is CCC(C)CCCCCCCCCCCCCCCCCCCCC(=O)O[C@H](COC(=O)CCCCCCCCC(C)C)COP(=O)(O)OC[C@H](O)COP(=O)(O)OC[C@@H](COC(=O)CCCCCCCCC(C)C)OC(=O)CCCCCCCCCCCCCCCCCC(C)C. The molecule has 582 valence electrons. The molecule has 3 N–H and O–H groups in total. The maximum absolute atomic E-state index is 13.1. The van der Waals surface area contributed by atoms with E-state index in [1.165, 1.54) is 193 Å². The lowest BCUT2D eigenvalue weighted by Gasteiger charge is -2.21. The number of phosphoric acid groups is 2. The molecule has 17 nitrogen and oxygen atoms in total. The third-order valence-electron chi connectivity index (χ3n) is 18.7. The predicted molar refractivity (Wildman–Crippen MR) is 400 cm³/mol. The van der Waals surface area contributed by atoms with E-state index in [0.29, 0.717) is 37.5 Å². The standard InChI is InChI=1S/C79H154O17P2/c1-9-72(8)58-50-42-32-28-24-20-16-12-10-11-13-17-21-25-29-33-45-53-61-78(83)95-74(65-89-76(81)59-51-43-37-35-40-48-56-70(4)5)67-93-97(85,86)91-63-73(80)64-92-98(87,88)94-68-75(66-90-77(82)60-52-44-38-36-41-49-57-71(6)7)96-79(84)62-54-46-34-30-26-22-18-14-15-19-23-27-31-39-47-55-69(2)3/h69-75,80H,9-68H2,1-8H3,(H,85,86)(H,87,88)/t72?,73-,74+,75+/m0/s1. The highest BCUT2D eigenvalue weighted by Gasteiger charge is 2.30. The summed E-state index contributed by atoms with van der Waals surface area (Å²) in [5.74, 6) is 0.910. The Morgan fingerprint density at radius 2 is 0.490 bits per heavy atom. The Balaban J connectivity index is 5.12. The zero-order chi connectivity index (χ0) is 72.4. The average Bonchev–Trinajstić information content (AvgIpc) is 0.987. The Labute approximate surface area is 600 Å². The molecule has 0 heterocycles. The Kier molecular flexibility index (Phi) is 66.8. The van der Waals surface area contributed by atoms with Gasteiger partial charge in [0.15, 0.2) is 12.2 Å². The molecule has 0 fully saturated rings. The number of ether oxygens (including phenoxy) is 4. The van der Waals surface area contributed by atoms with E-state index in [2.05, 4.69) is 55.4 Å². The van der Waals surface area contributed by atoms with E-state index in [1.54, 1.807) is 0 Å². The molecule has 0 spiro atoms. The second-order valence-corrected chi connectivity index (χ2v) is 33.0. The molecule has 6 atom stereocenters. The molecule has 3 unspecified atom stereocenters. The second kappa shape index (κ2) is 68.2. The summed E-state index contributed by atoms with van der Waals surface area (Å²) in [7, 11) is -9.91. The Morgan fingerprint density at radius 1 is 0.286 bits per heavy atom. The number of rotatable bonds is 76. The molecule has 0 aliphatic heterocycles. The number of aliphatic hydroxyl groups is 1. The molecular weight excluding hydrogens is 1280 g/mol. The summed E-state index contributed by atoms with van der Waals surface area (Å²) in [6.45, 7) is 14.1. The molecule has 0 saturated heterocycles. The molecular formula is C79H154O17P2.